The quantitative estimate of drug-likeness (QED) is 0.293. The Kier molecular flexibility index (Phi) is 13.7. The molecule has 0 unspecified atom stereocenters. The van der Waals surface area contributed by atoms with Crippen LogP contribution in [0.25, 0.3) is 0 Å². The van der Waals surface area contributed by atoms with Crippen LogP contribution in [0.3, 0.4) is 0 Å². The fourth-order valence-corrected chi connectivity index (χ4v) is 2.67. The van der Waals surface area contributed by atoms with Crippen LogP contribution in [0.4, 0.5) is 4.39 Å². The summed E-state index contributed by atoms with van der Waals surface area (Å²) in [5.74, 6) is -0.824. The molecule has 0 aliphatic heterocycles. The van der Waals surface area contributed by atoms with Crippen LogP contribution in [-0.4, -0.2) is 63.3 Å². The lowest BCUT2D eigenvalue weighted by Crippen LogP contribution is -2.06. The maximum Gasteiger partial charge on any atom is 0.377 e. The Hall–Kier alpha value is -3.93. The van der Waals surface area contributed by atoms with Gasteiger partial charge >= 0.3 is 11.9 Å². The summed E-state index contributed by atoms with van der Waals surface area (Å²) in [5, 5.41) is 10.8. The molecule has 2 aromatic carbocycles. The third-order valence-corrected chi connectivity index (χ3v) is 4.53. The van der Waals surface area contributed by atoms with Crippen molar-refractivity contribution >= 4 is 27.9 Å². The molecular weight excluding hydrogens is 523 g/mol. The predicted molar refractivity (Wildman–Crippen MR) is 131 cm³/mol. The van der Waals surface area contributed by atoms with Crippen molar-refractivity contribution < 1.29 is 24.8 Å². The van der Waals surface area contributed by atoms with Crippen LogP contribution in [0.15, 0.2) is 73.3 Å². The van der Waals surface area contributed by atoms with Crippen molar-refractivity contribution in [1.82, 2.24) is 29.9 Å². The first-order chi connectivity index (χ1) is 17.5. The highest BCUT2D eigenvalue weighted by molar-refractivity contribution is 9.08. The number of aromatic amines is 1. The van der Waals surface area contributed by atoms with Crippen LogP contribution in [0.2, 0.25) is 0 Å². The summed E-state index contributed by atoms with van der Waals surface area (Å²) >= 11 is 3.36. The Labute approximate surface area is 212 Å². The van der Waals surface area contributed by atoms with Gasteiger partial charge in [0.1, 0.15) is 12.7 Å². The summed E-state index contributed by atoms with van der Waals surface area (Å²) in [4.78, 5) is 29.0. The molecule has 2 aromatic heterocycles. The van der Waals surface area contributed by atoms with Gasteiger partial charge in [0.2, 0.25) is 5.82 Å². The van der Waals surface area contributed by atoms with E-state index in [2.05, 4.69) is 62.8 Å². The van der Waals surface area contributed by atoms with Crippen molar-refractivity contribution in [3.8, 4) is 0 Å². The fraction of sp³-hybridized carbons (Fsp3) is 0.217. The molecule has 1 N–H and O–H groups in total. The summed E-state index contributed by atoms with van der Waals surface area (Å²) in [6.45, 7) is 0.588. The summed E-state index contributed by atoms with van der Waals surface area (Å²) < 4.78 is 25.9. The minimum atomic E-state index is -1.00. The molecule has 0 saturated heterocycles. The average Bonchev–Trinajstić information content (AvgIpc) is 3.63. The van der Waals surface area contributed by atoms with Crippen molar-refractivity contribution in [3.05, 3.63) is 96.1 Å². The van der Waals surface area contributed by atoms with Gasteiger partial charge < -0.3 is 9.47 Å². The Balaban J connectivity index is 0.000000275. The van der Waals surface area contributed by atoms with Gasteiger partial charge in [0.25, 0.3) is 5.82 Å². The zero-order valence-corrected chi connectivity index (χ0v) is 20.8. The van der Waals surface area contributed by atoms with E-state index in [0.29, 0.717) is 6.54 Å². The van der Waals surface area contributed by atoms with Crippen molar-refractivity contribution in [2.24, 2.45) is 0 Å². The molecule has 0 amide bonds. The molecule has 4 aromatic rings. The van der Waals surface area contributed by atoms with Crippen LogP contribution in [0, 0.1) is 0 Å². The van der Waals surface area contributed by atoms with Gasteiger partial charge in [0.05, 0.1) is 29.3 Å². The molecule has 0 spiro atoms. The van der Waals surface area contributed by atoms with E-state index >= 15 is 0 Å². The van der Waals surface area contributed by atoms with E-state index < -0.39 is 19.1 Å². The molecule has 0 aliphatic rings. The topological polar surface area (TPSA) is 125 Å². The number of H-pyrrole nitrogens is 1. The number of esters is 2. The number of carbonyl (C=O) groups is 2. The second-order valence-electron chi connectivity index (χ2n) is 6.19. The van der Waals surface area contributed by atoms with Gasteiger partial charge in [-0.1, -0.05) is 76.6 Å². The second-order valence-corrected chi connectivity index (χ2v) is 6.75. The third kappa shape index (κ3) is 11.2. The molecule has 0 fully saturated rings. The maximum absolute atomic E-state index is 11.1. The number of hydrogen-bond acceptors (Lipinski definition) is 8. The summed E-state index contributed by atoms with van der Waals surface area (Å²) in [7, 11) is 1.59. The first-order valence-corrected chi connectivity index (χ1v) is 11.0. The van der Waals surface area contributed by atoms with Gasteiger partial charge in [0, 0.05) is 5.33 Å². The van der Waals surface area contributed by atoms with Crippen LogP contribution in [-0.2, 0) is 21.3 Å². The lowest BCUT2D eigenvalue weighted by atomic mass is 10.2. The van der Waals surface area contributed by atoms with Crippen LogP contribution in [0.5, 0.6) is 0 Å². The molecule has 4 rings (SSSR count). The Bertz CT molecular complexity index is 1120. The van der Waals surface area contributed by atoms with E-state index in [-0.39, 0.29) is 11.6 Å². The highest BCUT2D eigenvalue weighted by Gasteiger charge is 2.10. The number of hydrogen-bond donors (Lipinski definition) is 1. The number of ether oxygens (including phenoxy) is 2. The molecule has 35 heavy (non-hydrogen) atoms. The zero-order valence-electron chi connectivity index (χ0n) is 20.2. The molecule has 2 heterocycles. The highest BCUT2D eigenvalue weighted by atomic mass is 79.9. The van der Waals surface area contributed by atoms with E-state index in [4.69, 9.17) is 1.37 Å². The van der Waals surface area contributed by atoms with Crippen molar-refractivity contribution in [2.75, 3.05) is 21.4 Å². The Morgan fingerprint density at radius 1 is 1.00 bits per heavy atom. The van der Waals surface area contributed by atoms with E-state index in [1.807, 2.05) is 48.5 Å². The smallest absolute Gasteiger partial charge is 0.377 e. The predicted octanol–water partition coefficient (Wildman–Crippen LogP) is 3.87. The fourth-order valence-electron chi connectivity index (χ4n) is 2.29. The van der Waals surface area contributed by atoms with Crippen LogP contribution >= 0.6 is 15.9 Å². The number of nitrogens with one attached hydrogen (secondary N) is 1. The first kappa shape index (κ1) is 27.3. The number of alkyl halides is 2. The number of nitrogens with zero attached hydrogens (tertiary/aromatic N) is 5. The van der Waals surface area contributed by atoms with Gasteiger partial charge in [0.15, 0.2) is 0 Å². The summed E-state index contributed by atoms with van der Waals surface area (Å²) in [6.07, 6.45) is 2.76. The lowest BCUT2D eigenvalue weighted by Gasteiger charge is -1.99. The molecular formula is C23H26BrFN6O4. The summed E-state index contributed by atoms with van der Waals surface area (Å²) in [5.41, 5.74) is 2.43. The van der Waals surface area contributed by atoms with E-state index in [1.165, 1.54) is 32.4 Å². The number of aromatic nitrogens is 6. The number of rotatable bonds is 5. The number of halogens is 2. The van der Waals surface area contributed by atoms with E-state index in [0.717, 1.165) is 10.9 Å². The molecule has 10 nitrogen and oxygen atoms in total. The molecule has 0 saturated carbocycles. The van der Waals surface area contributed by atoms with Crippen molar-refractivity contribution in [2.45, 2.75) is 11.9 Å². The molecule has 0 bridgehead atoms. The normalized spacial score (nSPS) is 9.54. The van der Waals surface area contributed by atoms with Gasteiger partial charge in [-0.3, -0.25) is 9.49 Å². The second kappa shape index (κ2) is 17.5. The van der Waals surface area contributed by atoms with Crippen LogP contribution < -0.4 is 0 Å². The van der Waals surface area contributed by atoms with Crippen molar-refractivity contribution in [3.63, 3.8) is 0 Å². The molecule has 12 heteroatoms. The first-order valence-electron chi connectivity index (χ1n) is 10.6. The monoisotopic (exact) mass is 549 g/mol. The highest BCUT2D eigenvalue weighted by Crippen LogP contribution is 2.03. The summed E-state index contributed by atoms with van der Waals surface area (Å²) in [6, 6.07) is 20.1. The SMILES string of the molecule is BrCc1ccccc1.COC(=O)c1ncn(Cc2ccccc2)n1.COC(=O)c1ncn[nH]1.[2H]CF. The maximum atomic E-state index is 11.1. The van der Waals surface area contributed by atoms with Gasteiger partial charge in [-0.25, -0.2) is 24.2 Å². The van der Waals surface area contributed by atoms with Gasteiger partial charge in [-0.15, -0.1) is 5.10 Å². The third-order valence-electron chi connectivity index (χ3n) is 3.88. The van der Waals surface area contributed by atoms with Crippen LogP contribution in [0.1, 0.15) is 33.7 Å². The van der Waals surface area contributed by atoms with E-state index in [1.54, 1.807) is 4.68 Å². The average molecular weight is 550 g/mol. The number of carbonyl (C=O) groups excluding carboxylic acids is 2. The largest absolute Gasteiger partial charge is 0.463 e. The van der Waals surface area contributed by atoms with Crippen molar-refractivity contribution in [1.29, 1.82) is 0 Å². The van der Waals surface area contributed by atoms with Gasteiger partial charge in [-0.05, 0) is 11.1 Å². The lowest BCUT2D eigenvalue weighted by molar-refractivity contribution is 0.0578. The minimum absolute atomic E-state index is 0.0819. The zero-order chi connectivity index (χ0) is 26.6. The molecule has 0 atom stereocenters. The van der Waals surface area contributed by atoms with E-state index in [9.17, 15) is 14.0 Å². The molecule has 0 aliphatic carbocycles. The number of benzene rings is 2. The Morgan fingerprint density at radius 3 is 2.03 bits per heavy atom. The molecule has 0 radical (unpaired) electrons. The van der Waals surface area contributed by atoms with Gasteiger partial charge in [-0.2, -0.15) is 5.10 Å². The number of methoxy groups -OCH3 is 2. The molecule has 186 valence electrons. The standard InChI is InChI=1S/C11H11N3O2.C7H7Br.C4H5N3O2.CH3F/c1-16-11(15)10-12-8-14(13-10)7-9-5-3-2-4-6-9;8-6-7-4-2-1-3-5-7;1-9-4(8)3-5-2-6-7-3;1-2/h2-6,8H,7H2,1H3;1-5H,6H2;2H,1H3,(H,5,6,7);1H3/i;;;1D. The minimum Gasteiger partial charge on any atom is -0.463 e. The Morgan fingerprint density at radius 2 is 1.57 bits per heavy atom.